The van der Waals surface area contributed by atoms with Gasteiger partial charge < -0.3 is 14.6 Å². The standard InChI is InChI=1S/C10H16N2O3S/c1-7-8(16-10(14)12(7)2)9(13)11-5-4-6-15-3/h4-6H2,1-3H3,(H,11,13). The van der Waals surface area contributed by atoms with Gasteiger partial charge in [-0.25, -0.2) is 0 Å². The highest BCUT2D eigenvalue weighted by molar-refractivity contribution is 7.11. The van der Waals surface area contributed by atoms with Gasteiger partial charge in [0.25, 0.3) is 5.91 Å². The average Bonchev–Trinajstić information content (AvgIpc) is 2.52. The lowest BCUT2D eigenvalue weighted by atomic mass is 10.3. The lowest BCUT2D eigenvalue weighted by molar-refractivity contribution is 0.0951. The summed E-state index contributed by atoms with van der Waals surface area (Å²) in [6, 6.07) is 0. The van der Waals surface area contributed by atoms with Gasteiger partial charge in [-0.1, -0.05) is 11.3 Å². The molecule has 5 nitrogen and oxygen atoms in total. The summed E-state index contributed by atoms with van der Waals surface area (Å²) < 4.78 is 6.35. The van der Waals surface area contributed by atoms with Crippen LogP contribution >= 0.6 is 11.3 Å². The van der Waals surface area contributed by atoms with Gasteiger partial charge in [0.15, 0.2) is 0 Å². The Hall–Kier alpha value is -1.14. The number of ether oxygens (including phenoxy) is 1. The second-order valence-corrected chi connectivity index (χ2v) is 4.41. The molecule has 0 bridgehead atoms. The SMILES string of the molecule is COCCCNC(=O)c1sc(=O)n(C)c1C. The number of nitrogens with zero attached hydrogens (tertiary/aromatic N) is 1. The van der Waals surface area contributed by atoms with Gasteiger partial charge in [0.05, 0.1) is 0 Å². The van der Waals surface area contributed by atoms with Crippen LogP contribution in [-0.2, 0) is 11.8 Å². The minimum atomic E-state index is -0.184. The molecule has 0 atom stereocenters. The summed E-state index contributed by atoms with van der Waals surface area (Å²) in [7, 11) is 3.28. The monoisotopic (exact) mass is 244 g/mol. The second-order valence-electron chi connectivity index (χ2n) is 3.44. The fourth-order valence-electron chi connectivity index (χ4n) is 1.23. The lowest BCUT2D eigenvalue weighted by Gasteiger charge is -2.03. The molecule has 0 radical (unpaired) electrons. The number of rotatable bonds is 5. The molecular weight excluding hydrogens is 228 g/mol. The molecule has 1 aromatic heterocycles. The molecule has 1 heterocycles. The second kappa shape index (κ2) is 5.81. The third-order valence-electron chi connectivity index (χ3n) is 2.31. The molecule has 0 aliphatic rings. The number of methoxy groups -OCH3 is 1. The summed E-state index contributed by atoms with van der Waals surface area (Å²) in [5.41, 5.74) is 0.708. The first-order valence-electron chi connectivity index (χ1n) is 5.01. The van der Waals surface area contributed by atoms with Crippen molar-refractivity contribution in [3.8, 4) is 0 Å². The molecule has 16 heavy (non-hydrogen) atoms. The van der Waals surface area contributed by atoms with E-state index in [0.29, 0.717) is 23.7 Å². The summed E-state index contributed by atoms with van der Waals surface area (Å²) in [6.07, 6.45) is 0.767. The molecule has 0 aliphatic heterocycles. The summed E-state index contributed by atoms with van der Waals surface area (Å²) in [5.74, 6) is -0.184. The fourth-order valence-corrected chi connectivity index (χ4v) is 2.13. The van der Waals surface area contributed by atoms with E-state index < -0.39 is 0 Å². The summed E-state index contributed by atoms with van der Waals surface area (Å²) >= 11 is 0.977. The molecule has 90 valence electrons. The van der Waals surface area contributed by atoms with Crippen molar-refractivity contribution in [2.24, 2.45) is 7.05 Å². The number of carbonyl (C=O) groups is 1. The summed E-state index contributed by atoms with van der Waals surface area (Å²) in [6.45, 7) is 2.94. The molecule has 0 aliphatic carbocycles. The van der Waals surface area contributed by atoms with Crippen LogP contribution in [0.5, 0.6) is 0 Å². The summed E-state index contributed by atoms with van der Waals surface area (Å²) in [5, 5.41) is 2.75. The van der Waals surface area contributed by atoms with Crippen molar-refractivity contribution in [2.75, 3.05) is 20.3 Å². The van der Waals surface area contributed by atoms with Crippen molar-refractivity contribution in [1.82, 2.24) is 9.88 Å². The topological polar surface area (TPSA) is 60.3 Å². The van der Waals surface area contributed by atoms with E-state index in [1.54, 1.807) is 21.1 Å². The van der Waals surface area contributed by atoms with Crippen molar-refractivity contribution in [2.45, 2.75) is 13.3 Å². The molecule has 1 amide bonds. The fraction of sp³-hybridized carbons (Fsp3) is 0.600. The van der Waals surface area contributed by atoms with E-state index in [1.165, 1.54) is 4.57 Å². The number of aromatic nitrogens is 1. The predicted octanol–water partition coefficient (Wildman–Crippen LogP) is 0.522. The van der Waals surface area contributed by atoms with E-state index in [0.717, 1.165) is 17.8 Å². The van der Waals surface area contributed by atoms with Gasteiger partial charge in [-0.05, 0) is 13.3 Å². The van der Waals surface area contributed by atoms with Crippen LogP contribution in [0, 0.1) is 6.92 Å². The van der Waals surface area contributed by atoms with Crippen LogP contribution in [0.15, 0.2) is 4.79 Å². The van der Waals surface area contributed by atoms with Crippen LogP contribution in [0.4, 0.5) is 0 Å². The van der Waals surface area contributed by atoms with E-state index in [4.69, 9.17) is 4.74 Å². The maximum Gasteiger partial charge on any atom is 0.307 e. The number of thiazole rings is 1. The molecule has 0 saturated carbocycles. The lowest BCUT2D eigenvalue weighted by Crippen LogP contribution is -2.25. The Morgan fingerprint density at radius 2 is 2.25 bits per heavy atom. The first kappa shape index (κ1) is 12.9. The van der Waals surface area contributed by atoms with Crippen molar-refractivity contribution in [3.05, 3.63) is 20.2 Å². The van der Waals surface area contributed by atoms with Crippen molar-refractivity contribution < 1.29 is 9.53 Å². The molecule has 1 aromatic rings. The highest BCUT2D eigenvalue weighted by Gasteiger charge is 2.14. The first-order chi connectivity index (χ1) is 7.57. The smallest absolute Gasteiger partial charge is 0.307 e. The third-order valence-corrected chi connectivity index (χ3v) is 3.45. The summed E-state index contributed by atoms with van der Waals surface area (Å²) in [4.78, 5) is 23.4. The van der Waals surface area contributed by atoms with Gasteiger partial charge in [-0.3, -0.25) is 9.59 Å². The Labute approximate surface area is 98.0 Å². The Morgan fingerprint density at radius 3 is 2.75 bits per heavy atom. The Balaban J connectivity index is 2.60. The van der Waals surface area contributed by atoms with Gasteiger partial charge in [-0.2, -0.15) is 0 Å². The zero-order valence-electron chi connectivity index (χ0n) is 9.70. The molecular formula is C10H16N2O3S. The van der Waals surface area contributed by atoms with E-state index in [1.807, 2.05) is 0 Å². The van der Waals surface area contributed by atoms with E-state index in [9.17, 15) is 9.59 Å². The van der Waals surface area contributed by atoms with Gasteiger partial charge >= 0.3 is 4.87 Å². The minimum absolute atomic E-state index is 0.112. The van der Waals surface area contributed by atoms with Crippen molar-refractivity contribution >= 4 is 17.2 Å². The average molecular weight is 244 g/mol. The molecule has 6 heteroatoms. The Bertz CT molecular complexity index is 422. The number of hydrogen-bond acceptors (Lipinski definition) is 4. The zero-order valence-corrected chi connectivity index (χ0v) is 10.5. The minimum Gasteiger partial charge on any atom is -0.385 e. The highest BCUT2D eigenvalue weighted by atomic mass is 32.1. The molecule has 0 unspecified atom stereocenters. The molecule has 0 spiro atoms. The van der Waals surface area contributed by atoms with Crippen molar-refractivity contribution in [1.29, 1.82) is 0 Å². The van der Waals surface area contributed by atoms with E-state index in [-0.39, 0.29) is 10.8 Å². The van der Waals surface area contributed by atoms with Crippen LogP contribution in [-0.4, -0.2) is 30.7 Å². The van der Waals surface area contributed by atoms with Gasteiger partial charge in [-0.15, -0.1) is 0 Å². The van der Waals surface area contributed by atoms with Crippen LogP contribution in [0.1, 0.15) is 21.8 Å². The number of carbonyl (C=O) groups excluding carboxylic acids is 1. The number of hydrogen-bond donors (Lipinski definition) is 1. The molecule has 0 aromatic carbocycles. The number of nitrogens with one attached hydrogen (secondary N) is 1. The maximum atomic E-state index is 11.7. The van der Waals surface area contributed by atoms with Crippen molar-refractivity contribution in [3.63, 3.8) is 0 Å². The predicted molar refractivity (Wildman–Crippen MR) is 63.1 cm³/mol. The highest BCUT2D eigenvalue weighted by Crippen LogP contribution is 2.09. The molecule has 0 fully saturated rings. The van der Waals surface area contributed by atoms with Crippen LogP contribution in [0.25, 0.3) is 0 Å². The van der Waals surface area contributed by atoms with Gasteiger partial charge in [0, 0.05) is 33.0 Å². The first-order valence-corrected chi connectivity index (χ1v) is 5.83. The number of amides is 1. The normalized spacial score (nSPS) is 10.4. The molecule has 0 saturated heterocycles. The van der Waals surface area contributed by atoms with Crippen LogP contribution in [0.2, 0.25) is 0 Å². The third kappa shape index (κ3) is 2.93. The molecule has 1 N–H and O–H groups in total. The Kier molecular flexibility index (Phi) is 4.70. The molecule has 1 rings (SSSR count). The maximum absolute atomic E-state index is 11.7. The van der Waals surface area contributed by atoms with Crippen LogP contribution in [0.3, 0.4) is 0 Å². The largest absolute Gasteiger partial charge is 0.385 e. The quantitative estimate of drug-likeness (QED) is 0.768. The Morgan fingerprint density at radius 1 is 1.56 bits per heavy atom. The van der Waals surface area contributed by atoms with E-state index in [2.05, 4.69) is 5.32 Å². The van der Waals surface area contributed by atoms with Crippen LogP contribution < -0.4 is 10.2 Å². The van der Waals surface area contributed by atoms with Gasteiger partial charge in [0.2, 0.25) is 0 Å². The van der Waals surface area contributed by atoms with Gasteiger partial charge in [0.1, 0.15) is 4.88 Å². The van der Waals surface area contributed by atoms with E-state index >= 15 is 0 Å². The zero-order chi connectivity index (χ0) is 12.1.